The van der Waals surface area contributed by atoms with E-state index in [0.29, 0.717) is 25.5 Å². The third kappa shape index (κ3) is 4.43. The van der Waals surface area contributed by atoms with Gasteiger partial charge in [0, 0.05) is 12.5 Å². The van der Waals surface area contributed by atoms with Crippen molar-refractivity contribution in [3.63, 3.8) is 0 Å². The van der Waals surface area contributed by atoms with Crippen molar-refractivity contribution < 1.29 is 9.47 Å². The molecule has 112 valence electrons. The van der Waals surface area contributed by atoms with Crippen LogP contribution in [0.15, 0.2) is 36.5 Å². The fraction of sp³-hybridized carbons (Fsp3) is 0.375. The van der Waals surface area contributed by atoms with Gasteiger partial charge in [0.25, 0.3) is 0 Å². The molecule has 0 saturated carbocycles. The van der Waals surface area contributed by atoms with Crippen LogP contribution in [0.4, 0.5) is 0 Å². The van der Waals surface area contributed by atoms with Gasteiger partial charge in [-0.15, -0.1) is 0 Å². The van der Waals surface area contributed by atoms with Gasteiger partial charge in [-0.1, -0.05) is 32.0 Å². The van der Waals surface area contributed by atoms with Crippen LogP contribution in [0.3, 0.4) is 0 Å². The quantitative estimate of drug-likeness (QED) is 0.792. The van der Waals surface area contributed by atoms with E-state index in [-0.39, 0.29) is 5.92 Å². The number of nitrogens with two attached hydrogens (primary N) is 1. The Balaban J connectivity index is 1.88. The summed E-state index contributed by atoms with van der Waals surface area (Å²) in [6, 6.07) is 9.63. The van der Waals surface area contributed by atoms with Crippen molar-refractivity contribution in [2.75, 3.05) is 13.2 Å². The summed E-state index contributed by atoms with van der Waals surface area (Å²) in [6.45, 7) is 5.30. The minimum Gasteiger partial charge on any atom is -0.490 e. The molecule has 0 radical (unpaired) electrons. The summed E-state index contributed by atoms with van der Waals surface area (Å²) in [5.41, 5.74) is 6.44. The summed E-state index contributed by atoms with van der Waals surface area (Å²) < 4.78 is 11.2. The lowest BCUT2D eigenvalue weighted by molar-refractivity contribution is 0.214. The predicted molar refractivity (Wildman–Crippen MR) is 81.4 cm³/mol. The van der Waals surface area contributed by atoms with Gasteiger partial charge >= 0.3 is 0 Å². The highest BCUT2D eigenvalue weighted by Gasteiger charge is 2.09. The molecule has 1 heterocycles. The fourth-order valence-electron chi connectivity index (χ4n) is 1.79. The van der Waals surface area contributed by atoms with Crippen molar-refractivity contribution >= 4 is 0 Å². The molecule has 0 unspecified atom stereocenters. The fourth-order valence-corrected chi connectivity index (χ4v) is 1.79. The van der Waals surface area contributed by atoms with Crippen molar-refractivity contribution in [1.82, 2.24) is 9.97 Å². The monoisotopic (exact) mass is 287 g/mol. The zero-order valence-electron chi connectivity index (χ0n) is 12.5. The molecule has 1 aromatic carbocycles. The summed E-state index contributed by atoms with van der Waals surface area (Å²) in [7, 11) is 0. The molecule has 5 heteroatoms. The van der Waals surface area contributed by atoms with Crippen LogP contribution in [-0.2, 0) is 6.54 Å². The lowest BCUT2D eigenvalue weighted by Gasteiger charge is -2.12. The summed E-state index contributed by atoms with van der Waals surface area (Å²) in [4.78, 5) is 8.72. The van der Waals surface area contributed by atoms with Crippen molar-refractivity contribution in [3.8, 4) is 11.5 Å². The van der Waals surface area contributed by atoms with Crippen molar-refractivity contribution in [2.24, 2.45) is 5.73 Å². The Morgan fingerprint density at radius 1 is 1.10 bits per heavy atom. The number of benzene rings is 1. The third-order valence-corrected chi connectivity index (χ3v) is 2.91. The molecule has 5 nitrogen and oxygen atoms in total. The second kappa shape index (κ2) is 7.59. The smallest absolute Gasteiger partial charge is 0.160 e. The molecule has 0 aliphatic carbocycles. The Kier molecular flexibility index (Phi) is 5.51. The van der Waals surface area contributed by atoms with Crippen LogP contribution < -0.4 is 15.2 Å². The van der Waals surface area contributed by atoms with Crippen LogP contribution in [0.1, 0.15) is 31.3 Å². The SMILES string of the molecule is CC(C)c1ncc(OCCOc2ccccc2)c(CN)n1. The Morgan fingerprint density at radius 2 is 1.81 bits per heavy atom. The predicted octanol–water partition coefficient (Wildman–Crippen LogP) is 2.52. The van der Waals surface area contributed by atoms with E-state index >= 15 is 0 Å². The van der Waals surface area contributed by atoms with Gasteiger partial charge in [0.1, 0.15) is 24.8 Å². The minimum absolute atomic E-state index is 0.269. The molecule has 21 heavy (non-hydrogen) atoms. The molecule has 1 aromatic heterocycles. The number of para-hydroxylation sites is 1. The highest BCUT2D eigenvalue weighted by atomic mass is 16.5. The molecule has 0 fully saturated rings. The summed E-state index contributed by atoms with van der Waals surface area (Å²) >= 11 is 0. The third-order valence-electron chi connectivity index (χ3n) is 2.91. The number of rotatable bonds is 7. The molecule has 0 aliphatic heterocycles. The lowest BCUT2D eigenvalue weighted by atomic mass is 10.2. The van der Waals surface area contributed by atoms with Gasteiger partial charge in [0.15, 0.2) is 5.75 Å². The van der Waals surface area contributed by atoms with E-state index < -0.39 is 0 Å². The van der Waals surface area contributed by atoms with Crippen LogP contribution in [-0.4, -0.2) is 23.2 Å². The molecule has 0 atom stereocenters. The van der Waals surface area contributed by atoms with E-state index in [1.165, 1.54) is 0 Å². The molecular weight excluding hydrogens is 266 g/mol. The van der Waals surface area contributed by atoms with Gasteiger partial charge in [-0.05, 0) is 12.1 Å². The van der Waals surface area contributed by atoms with Crippen molar-refractivity contribution in [1.29, 1.82) is 0 Å². The maximum atomic E-state index is 5.71. The second-order valence-corrected chi connectivity index (χ2v) is 4.91. The molecule has 0 amide bonds. The maximum absolute atomic E-state index is 5.71. The summed E-state index contributed by atoms with van der Waals surface area (Å²) in [6.07, 6.45) is 1.69. The van der Waals surface area contributed by atoms with E-state index in [9.17, 15) is 0 Å². The maximum Gasteiger partial charge on any atom is 0.160 e. The first-order valence-electron chi connectivity index (χ1n) is 7.07. The van der Waals surface area contributed by atoms with Crippen molar-refractivity contribution in [3.05, 3.63) is 48.0 Å². The molecule has 2 N–H and O–H groups in total. The molecule has 0 saturated heterocycles. The first kappa shape index (κ1) is 15.3. The molecule has 2 aromatic rings. The van der Waals surface area contributed by atoms with Crippen LogP contribution in [0, 0.1) is 0 Å². The Morgan fingerprint density at radius 3 is 2.48 bits per heavy atom. The Hall–Kier alpha value is -2.14. The number of nitrogens with zero attached hydrogens (tertiary/aromatic N) is 2. The lowest BCUT2D eigenvalue weighted by Crippen LogP contribution is -2.13. The minimum atomic E-state index is 0.269. The number of ether oxygens (including phenoxy) is 2. The van der Waals surface area contributed by atoms with Crippen molar-refractivity contribution in [2.45, 2.75) is 26.3 Å². The molecule has 2 rings (SSSR count). The highest BCUT2D eigenvalue weighted by Crippen LogP contribution is 2.18. The van der Waals surface area contributed by atoms with Gasteiger partial charge in [0.05, 0.1) is 11.9 Å². The van der Waals surface area contributed by atoms with Crippen LogP contribution >= 0.6 is 0 Å². The van der Waals surface area contributed by atoms with Gasteiger partial charge in [0.2, 0.25) is 0 Å². The standard InChI is InChI=1S/C16H21N3O2/c1-12(2)16-18-11-15(14(10-17)19-16)21-9-8-20-13-6-4-3-5-7-13/h3-7,11-12H,8-10,17H2,1-2H3. The van der Waals surface area contributed by atoms with E-state index in [4.69, 9.17) is 15.2 Å². The molecular formula is C16H21N3O2. The van der Waals surface area contributed by atoms with Crippen LogP contribution in [0.25, 0.3) is 0 Å². The average molecular weight is 287 g/mol. The Bertz CT molecular complexity index is 559. The average Bonchev–Trinajstić information content (AvgIpc) is 2.52. The van der Waals surface area contributed by atoms with Gasteiger partial charge in [-0.3, -0.25) is 0 Å². The first-order chi connectivity index (χ1) is 10.2. The second-order valence-electron chi connectivity index (χ2n) is 4.91. The van der Waals surface area contributed by atoms with Gasteiger partial charge in [-0.2, -0.15) is 0 Å². The summed E-state index contributed by atoms with van der Waals surface area (Å²) in [5, 5.41) is 0. The summed E-state index contributed by atoms with van der Waals surface area (Å²) in [5.74, 6) is 2.50. The molecule has 0 spiro atoms. The molecule has 0 aliphatic rings. The van der Waals surface area contributed by atoms with E-state index in [2.05, 4.69) is 9.97 Å². The largest absolute Gasteiger partial charge is 0.490 e. The van der Waals surface area contributed by atoms with Crippen LogP contribution in [0.5, 0.6) is 11.5 Å². The normalized spacial score (nSPS) is 10.7. The number of hydrogen-bond acceptors (Lipinski definition) is 5. The zero-order valence-corrected chi connectivity index (χ0v) is 12.5. The van der Waals surface area contributed by atoms with Gasteiger partial charge < -0.3 is 15.2 Å². The first-order valence-corrected chi connectivity index (χ1v) is 7.07. The van der Waals surface area contributed by atoms with Crippen LogP contribution in [0.2, 0.25) is 0 Å². The zero-order chi connectivity index (χ0) is 15.1. The van der Waals surface area contributed by atoms with Gasteiger partial charge in [-0.25, -0.2) is 9.97 Å². The topological polar surface area (TPSA) is 70.3 Å². The Labute approximate surface area is 125 Å². The highest BCUT2D eigenvalue weighted by molar-refractivity contribution is 5.25. The number of aromatic nitrogens is 2. The van der Waals surface area contributed by atoms with E-state index in [1.807, 2.05) is 44.2 Å². The van der Waals surface area contributed by atoms with E-state index in [1.54, 1.807) is 6.20 Å². The molecule has 0 bridgehead atoms. The number of hydrogen-bond donors (Lipinski definition) is 1. The van der Waals surface area contributed by atoms with E-state index in [0.717, 1.165) is 17.3 Å².